The van der Waals surface area contributed by atoms with Crippen molar-refractivity contribution in [1.82, 2.24) is 5.32 Å². The number of carboxylic acids is 1. The third kappa shape index (κ3) is 4.92. The van der Waals surface area contributed by atoms with Crippen molar-refractivity contribution in [3.8, 4) is 11.1 Å². The van der Waals surface area contributed by atoms with Gasteiger partial charge in [-0.05, 0) is 40.5 Å². The van der Waals surface area contributed by atoms with Gasteiger partial charge in [0.1, 0.15) is 6.61 Å². The van der Waals surface area contributed by atoms with E-state index in [1.165, 1.54) is 19.2 Å². The van der Waals surface area contributed by atoms with Crippen molar-refractivity contribution in [2.45, 2.75) is 12.0 Å². The third-order valence-electron chi connectivity index (χ3n) is 5.65. The predicted molar refractivity (Wildman–Crippen MR) is 126 cm³/mol. The summed E-state index contributed by atoms with van der Waals surface area (Å²) in [6.45, 7) is -0.00386. The number of rotatable bonds is 8. The van der Waals surface area contributed by atoms with Crippen LogP contribution in [-0.2, 0) is 14.3 Å². The van der Waals surface area contributed by atoms with E-state index in [1.807, 2.05) is 36.4 Å². The van der Waals surface area contributed by atoms with Gasteiger partial charge in [0.2, 0.25) is 0 Å². The number of carbonyl (C=O) groups excluding carboxylic acids is 2. The topological polar surface area (TPSA) is 114 Å². The molecular weight excluding hydrogens is 436 g/mol. The minimum absolute atomic E-state index is 0.0657. The van der Waals surface area contributed by atoms with E-state index in [4.69, 9.17) is 9.47 Å². The molecule has 3 N–H and O–H groups in total. The van der Waals surface area contributed by atoms with E-state index in [0.717, 1.165) is 22.3 Å². The number of nitrogens with one attached hydrogen (secondary N) is 2. The quantitative estimate of drug-likeness (QED) is 0.470. The van der Waals surface area contributed by atoms with Crippen LogP contribution >= 0.6 is 0 Å². The molecule has 0 saturated carbocycles. The molecule has 0 fully saturated rings. The van der Waals surface area contributed by atoms with Gasteiger partial charge in [0.15, 0.2) is 6.04 Å². The van der Waals surface area contributed by atoms with Crippen LogP contribution in [0.4, 0.5) is 10.5 Å². The number of hydrogen-bond donors (Lipinski definition) is 3. The van der Waals surface area contributed by atoms with Gasteiger partial charge in [0.05, 0.1) is 6.61 Å². The summed E-state index contributed by atoms with van der Waals surface area (Å²) in [7, 11) is 1.35. The summed E-state index contributed by atoms with van der Waals surface area (Å²) < 4.78 is 10.3. The van der Waals surface area contributed by atoms with Crippen molar-refractivity contribution >= 4 is 23.7 Å². The number of carboxylic acid groups (broad SMARTS) is 1. The first kappa shape index (κ1) is 23.0. The fourth-order valence-electron chi connectivity index (χ4n) is 4.07. The lowest BCUT2D eigenvalue weighted by atomic mass is 9.98. The number of ether oxygens (including phenoxy) is 2. The number of methoxy groups -OCH3 is 1. The van der Waals surface area contributed by atoms with Crippen molar-refractivity contribution in [3.05, 3.63) is 89.5 Å². The van der Waals surface area contributed by atoms with E-state index in [2.05, 4.69) is 22.8 Å². The fourth-order valence-corrected chi connectivity index (χ4v) is 4.07. The van der Waals surface area contributed by atoms with Gasteiger partial charge in [-0.2, -0.15) is 0 Å². The predicted octanol–water partition coefficient (Wildman–Crippen LogP) is 3.88. The second-order valence-corrected chi connectivity index (χ2v) is 7.85. The lowest BCUT2D eigenvalue weighted by molar-refractivity contribution is -0.140. The van der Waals surface area contributed by atoms with Crippen LogP contribution < -0.4 is 10.6 Å². The van der Waals surface area contributed by atoms with Crippen LogP contribution in [0.1, 0.15) is 27.4 Å². The molecule has 0 saturated heterocycles. The molecule has 34 heavy (non-hydrogen) atoms. The van der Waals surface area contributed by atoms with Gasteiger partial charge in [-0.25, -0.2) is 9.59 Å². The number of amides is 2. The van der Waals surface area contributed by atoms with Gasteiger partial charge in [-0.3, -0.25) is 10.1 Å². The Morgan fingerprint density at radius 2 is 1.59 bits per heavy atom. The van der Waals surface area contributed by atoms with Gasteiger partial charge >= 0.3 is 12.1 Å². The SMILES string of the molecule is COCC(NC(=O)c1cccc(NC(=O)OCC2c3ccccc3-c3ccccc32)c1)C(=O)O. The summed E-state index contributed by atoms with van der Waals surface area (Å²) in [5.74, 6) is -1.87. The number of hydrogen-bond acceptors (Lipinski definition) is 5. The Balaban J connectivity index is 1.40. The largest absolute Gasteiger partial charge is 0.480 e. The molecule has 0 spiro atoms. The average Bonchev–Trinajstić information content (AvgIpc) is 3.16. The van der Waals surface area contributed by atoms with Gasteiger partial charge in [0.25, 0.3) is 5.91 Å². The molecule has 1 aliphatic rings. The fraction of sp³-hybridized carbons (Fsp3) is 0.192. The molecule has 2 amide bonds. The second-order valence-electron chi connectivity index (χ2n) is 7.85. The smallest absolute Gasteiger partial charge is 0.411 e. The zero-order valence-corrected chi connectivity index (χ0v) is 18.5. The highest BCUT2D eigenvalue weighted by Gasteiger charge is 2.29. The van der Waals surface area contributed by atoms with Crippen molar-refractivity contribution in [1.29, 1.82) is 0 Å². The molecular formula is C26H24N2O6. The summed E-state index contributed by atoms with van der Waals surface area (Å²) >= 11 is 0. The highest BCUT2D eigenvalue weighted by molar-refractivity contribution is 5.98. The maximum atomic E-state index is 12.5. The summed E-state index contributed by atoms with van der Waals surface area (Å²) in [4.78, 5) is 36.2. The molecule has 0 bridgehead atoms. The van der Waals surface area contributed by atoms with E-state index in [0.29, 0.717) is 5.69 Å². The first-order valence-electron chi connectivity index (χ1n) is 10.7. The van der Waals surface area contributed by atoms with Crippen molar-refractivity contribution in [2.24, 2.45) is 0 Å². The maximum absolute atomic E-state index is 12.5. The standard InChI is InChI=1S/C26H24N2O6/c1-33-15-23(25(30)31)28-24(29)16-7-6-8-17(13-16)27-26(32)34-14-22-20-11-4-2-9-18(20)19-10-3-5-12-21(19)22/h2-13,22-23H,14-15H2,1H3,(H,27,32)(H,28,29)(H,30,31). The van der Waals surface area contributed by atoms with E-state index in [1.54, 1.807) is 12.1 Å². The van der Waals surface area contributed by atoms with Crippen LogP contribution in [0, 0.1) is 0 Å². The third-order valence-corrected chi connectivity index (χ3v) is 5.65. The Hall–Kier alpha value is -4.17. The molecule has 8 heteroatoms. The highest BCUT2D eigenvalue weighted by atomic mass is 16.5. The van der Waals surface area contributed by atoms with Crippen molar-refractivity contribution in [3.63, 3.8) is 0 Å². The van der Waals surface area contributed by atoms with Gasteiger partial charge in [-0.1, -0.05) is 54.6 Å². The number of aliphatic carboxylic acids is 1. The summed E-state index contributed by atoms with van der Waals surface area (Å²) in [6, 6.07) is 21.1. The number of anilines is 1. The van der Waals surface area contributed by atoms with Gasteiger partial charge in [-0.15, -0.1) is 0 Å². The number of benzene rings is 3. The summed E-state index contributed by atoms with van der Waals surface area (Å²) in [5.41, 5.74) is 5.04. The van der Waals surface area contributed by atoms with Crippen LogP contribution in [0.15, 0.2) is 72.8 Å². The zero-order valence-electron chi connectivity index (χ0n) is 18.5. The van der Waals surface area contributed by atoms with Crippen LogP contribution in [0.5, 0.6) is 0 Å². The van der Waals surface area contributed by atoms with Crippen molar-refractivity contribution < 1.29 is 29.0 Å². The van der Waals surface area contributed by atoms with Crippen LogP contribution in [0.25, 0.3) is 11.1 Å². The van der Waals surface area contributed by atoms with E-state index < -0.39 is 24.0 Å². The Morgan fingerprint density at radius 3 is 2.21 bits per heavy atom. The minimum Gasteiger partial charge on any atom is -0.480 e. The first-order chi connectivity index (χ1) is 16.5. The maximum Gasteiger partial charge on any atom is 0.411 e. The lowest BCUT2D eigenvalue weighted by Crippen LogP contribution is -2.43. The zero-order chi connectivity index (χ0) is 24.1. The van der Waals surface area contributed by atoms with E-state index >= 15 is 0 Å². The van der Waals surface area contributed by atoms with Crippen LogP contribution in [0.2, 0.25) is 0 Å². The molecule has 0 aliphatic heterocycles. The van der Waals surface area contributed by atoms with E-state index in [9.17, 15) is 19.5 Å². The Labute approximate surface area is 196 Å². The molecule has 0 radical (unpaired) electrons. The molecule has 8 nitrogen and oxygen atoms in total. The molecule has 1 atom stereocenters. The number of carbonyl (C=O) groups is 3. The second kappa shape index (κ2) is 10.2. The normalized spacial score (nSPS) is 12.9. The van der Waals surface area contributed by atoms with Gasteiger partial charge in [0, 0.05) is 24.3 Å². The average molecular weight is 460 g/mol. The molecule has 0 aromatic heterocycles. The van der Waals surface area contributed by atoms with Gasteiger partial charge < -0.3 is 19.9 Å². The Morgan fingerprint density at radius 1 is 0.941 bits per heavy atom. The molecule has 0 heterocycles. The summed E-state index contributed by atoms with van der Waals surface area (Å²) in [6.07, 6.45) is -0.651. The molecule has 3 aromatic rings. The molecule has 174 valence electrons. The summed E-state index contributed by atoms with van der Waals surface area (Å²) in [5, 5.41) is 14.2. The molecule has 4 rings (SSSR count). The minimum atomic E-state index is -1.21. The first-order valence-corrected chi connectivity index (χ1v) is 10.7. The van der Waals surface area contributed by atoms with E-state index in [-0.39, 0.29) is 24.7 Å². The molecule has 1 unspecified atom stereocenters. The van der Waals surface area contributed by atoms with Crippen molar-refractivity contribution in [2.75, 3.05) is 25.6 Å². The molecule has 3 aromatic carbocycles. The Kier molecular flexibility index (Phi) is 6.89. The monoisotopic (exact) mass is 460 g/mol. The van der Waals surface area contributed by atoms with Crippen LogP contribution in [0.3, 0.4) is 0 Å². The molecule has 1 aliphatic carbocycles. The highest BCUT2D eigenvalue weighted by Crippen LogP contribution is 2.44. The lowest BCUT2D eigenvalue weighted by Gasteiger charge is -2.15. The van der Waals surface area contributed by atoms with Crippen LogP contribution in [-0.4, -0.2) is 49.4 Å². The number of fused-ring (bicyclic) bond motifs is 3. The Bertz CT molecular complexity index is 1180.